The van der Waals surface area contributed by atoms with Crippen LogP contribution >= 0.6 is 23.2 Å². The summed E-state index contributed by atoms with van der Waals surface area (Å²) in [7, 11) is 0. The van der Waals surface area contributed by atoms with Crippen molar-refractivity contribution in [3.05, 3.63) is 33.8 Å². The third-order valence-corrected chi connectivity index (χ3v) is 3.14. The molecule has 3 N–H and O–H groups in total. The minimum absolute atomic E-state index is 0.00205. The molecule has 0 fully saturated rings. The van der Waals surface area contributed by atoms with E-state index in [1.165, 1.54) is 0 Å². The molecule has 1 amide bonds. The lowest BCUT2D eigenvalue weighted by Gasteiger charge is -2.15. The fourth-order valence-corrected chi connectivity index (χ4v) is 2.15. The van der Waals surface area contributed by atoms with Crippen LogP contribution in [0, 0.1) is 0 Å². The predicted octanol–water partition coefficient (Wildman–Crippen LogP) is 2.14. The normalized spacial score (nSPS) is 12.6. The van der Waals surface area contributed by atoms with E-state index in [1.54, 1.807) is 12.1 Å². The Morgan fingerprint density at radius 2 is 2.00 bits per heavy atom. The standard InChI is InChI=1S/C13H18Cl2N2O/c1-8(2)16-7-13(18)17-9(3)11-5-4-10(14)6-12(11)15/h4-6,8-9,16H,7H2,1-3H3,(H,17,18)/p+1/t9-/m0/s1. The van der Waals surface area contributed by atoms with Crippen LogP contribution in [0.3, 0.4) is 0 Å². The van der Waals surface area contributed by atoms with Crippen molar-refractivity contribution < 1.29 is 10.1 Å². The van der Waals surface area contributed by atoms with Gasteiger partial charge < -0.3 is 10.6 Å². The minimum Gasteiger partial charge on any atom is -0.345 e. The maximum Gasteiger partial charge on any atom is 0.275 e. The molecule has 0 aliphatic heterocycles. The lowest BCUT2D eigenvalue weighted by Crippen LogP contribution is -2.90. The topological polar surface area (TPSA) is 45.7 Å². The largest absolute Gasteiger partial charge is 0.345 e. The zero-order chi connectivity index (χ0) is 13.7. The second kappa shape index (κ2) is 6.98. The summed E-state index contributed by atoms with van der Waals surface area (Å²) >= 11 is 11.9. The number of quaternary nitrogens is 1. The summed E-state index contributed by atoms with van der Waals surface area (Å²) in [6.07, 6.45) is 0. The van der Waals surface area contributed by atoms with Crippen LogP contribution in [0.15, 0.2) is 18.2 Å². The average Bonchev–Trinajstić information content (AvgIpc) is 2.26. The molecule has 3 nitrogen and oxygen atoms in total. The van der Waals surface area contributed by atoms with E-state index in [-0.39, 0.29) is 11.9 Å². The number of rotatable bonds is 5. The van der Waals surface area contributed by atoms with Gasteiger partial charge in [0.25, 0.3) is 5.91 Å². The lowest BCUT2D eigenvalue weighted by molar-refractivity contribution is -0.672. The number of amides is 1. The van der Waals surface area contributed by atoms with Crippen LogP contribution < -0.4 is 10.6 Å². The molecule has 0 unspecified atom stereocenters. The van der Waals surface area contributed by atoms with Crippen LogP contribution in [-0.2, 0) is 4.79 Å². The number of hydrogen-bond donors (Lipinski definition) is 2. The molecule has 0 heterocycles. The van der Waals surface area contributed by atoms with Gasteiger partial charge in [0.2, 0.25) is 0 Å². The number of nitrogens with one attached hydrogen (secondary N) is 1. The predicted molar refractivity (Wildman–Crippen MR) is 74.9 cm³/mol. The van der Waals surface area contributed by atoms with Crippen molar-refractivity contribution in [1.29, 1.82) is 0 Å². The van der Waals surface area contributed by atoms with Crippen molar-refractivity contribution in [2.45, 2.75) is 32.9 Å². The van der Waals surface area contributed by atoms with Crippen LogP contribution in [-0.4, -0.2) is 18.5 Å². The van der Waals surface area contributed by atoms with Crippen molar-refractivity contribution in [3.8, 4) is 0 Å². The Kier molecular flexibility index (Phi) is 5.93. The Balaban J connectivity index is 2.59. The van der Waals surface area contributed by atoms with Gasteiger partial charge in [-0.15, -0.1) is 0 Å². The van der Waals surface area contributed by atoms with Crippen LogP contribution in [0.1, 0.15) is 32.4 Å². The average molecular weight is 290 g/mol. The highest BCUT2D eigenvalue weighted by Crippen LogP contribution is 2.25. The zero-order valence-electron chi connectivity index (χ0n) is 10.8. The second-order valence-electron chi connectivity index (χ2n) is 4.64. The summed E-state index contributed by atoms with van der Waals surface area (Å²) in [5.41, 5.74) is 0.874. The Bertz CT molecular complexity index is 421. The third-order valence-electron chi connectivity index (χ3n) is 2.58. The van der Waals surface area contributed by atoms with E-state index in [9.17, 15) is 4.79 Å². The molecule has 100 valence electrons. The fourth-order valence-electron chi connectivity index (χ4n) is 1.57. The molecule has 5 heteroatoms. The van der Waals surface area contributed by atoms with Gasteiger partial charge in [0.15, 0.2) is 6.54 Å². The number of halogens is 2. The second-order valence-corrected chi connectivity index (χ2v) is 5.48. The smallest absolute Gasteiger partial charge is 0.275 e. The number of carbonyl (C=O) groups is 1. The van der Waals surface area contributed by atoms with Gasteiger partial charge in [-0.2, -0.15) is 0 Å². The highest BCUT2D eigenvalue weighted by molar-refractivity contribution is 6.35. The first kappa shape index (κ1) is 15.3. The van der Waals surface area contributed by atoms with E-state index in [0.29, 0.717) is 22.6 Å². The maximum atomic E-state index is 11.7. The van der Waals surface area contributed by atoms with E-state index in [4.69, 9.17) is 23.2 Å². The van der Waals surface area contributed by atoms with Crippen molar-refractivity contribution in [1.82, 2.24) is 5.32 Å². The molecule has 18 heavy (non-hydrogen) atoms. The molecule has 0 radical (unpaired) electrons. The van der Waals surface area contributed by atoms with Gasteiger partial charge in [-0.1, -0.05) is 29.3 Å². The van der Waals surface area contributed by atoms with E-state index in [0.717, 1.165) is 5.56 Å². The summed E-state index contributed by atoms with van der Waals surface area (Å²) in [5, 5.41) is 6.06. The highest BCUT2D eigenvalue weighted by atomic mass is 35.5. The molecule has 0 bridgehead atoms. The minimum atomic E-state index is -0.122. The molecule has 1 rings (SSSR count). The highest BCUT2D eigenvalue weighted by Gasteiger charge is 2.14. The van der Waals surface area contributed by atoms with Gasteiger partial charge in [-0.25, -0.2) is 0 Å². The van der Waals surface area contributed by atoms with Gasteiger partial charge in [0.05, 0.1) is 12.1 Å². The summed E-state index contributed by atoms with van der Waals surface area (Å²) in [4.78, 5) is 11.7. The first-order valence-corrected chi connectivity index (χ1v) is 6.73. The molecule has 0 spiro atoms. The number of benzene rings is 1. The van der Waals surface area contributed by atoms with Crippen molar-refractivity contribution in [2.24, 2.45) is 0 Å². The van der Waals surface area contributed by atoms with Gasteiger partial charge >= 0.3 is 0 Å². The van der Waals surface area contributed by atoms with Crippen molar-refractivity contribution in [3.63, 3.8) is 0 Å². The maximum absolute atomic E-state index is 11.7. The summed E-state index contributed by atoms with van der Waals surface area (Å²) in [6.45, 7) is 6.43. The van der Waals surface area contributed by atoms with Crippen LogP contribution in [0.5, 0.6) is 0 Å². The summed E-state index contributed by atoms with van der Waals surface area (Å²) in [5.74, 6) is 0.00205. The SMILES string of the molecule is CC(C)[NH2+]CC(=O)N[C@@H](C)c1ccc(Cl)cc1Cl. The molecule has 0 aliphatic carbocycles. The number of hydrogen-bond acceptors (Lipinski definition) is 1. The molecule has 1 aromatic carbocycles. The molecule has 0 saturated heterocycles. The fraction of sp³-hybridized carbons (Fsp3) is 0.462. The summed E-state index contributed by atoms with van der Waals surface area (Å²) < 4.78 is 0. The van der Waals surface area contributed by atoms with Gasteiger partial charge in [0, 0.05) is 10.0 Å². The Hall–Kier alpha value is -0.770. The molecule has 0 aliphatic rings. The third kappa shape index (κ3) is 4.84. The molecule has 1 aromatic rings. The van der Waals surface area contributed by atoms with E-state index in [1.807, 2.05) is 32.2 Å². The lowest BCUT2D eigenvalue weighted by atomic mass is 10.1. The van der Waals surface area contributed by atoms with Crippen molar-refractivity contribution in [2.75, 3.05) is 6.54 Å². The van der Waals surface area contributed by atoms with Crippen molar-refractivity contribution >= 4 is 29.1 Å². The van der Waals surface area contributed by atoms with E-state index >= 15 is 0 Å². The summed E-state index contributed by atoms with van der Waals surface area (Å²) in [6, 6.07) is 5.57. The molecule has 1 atom stereocenters. The zero-order valence-corrected chi connectivity index (χ0v) is 12.3. The molecule has 0 saturated carbocycles. The monoisotopic (exact) mass is 289 g/mol. The van der Waals surface area contributed by atoms with Crippen LogP contribution in [0.25, 0.3) is 0 Å². The molecule has 0 aromatic heterocycles. The number of nitrogens with two attached hydrogens (primary N) is 1. The van der Waals surface area contributed by atoms with E-state index in [2.05, 4.69) is 5.32 Å². The van der Waals surface area contributed by atoms with Crippen LogP contribution in [0.2, 0.25) is 10.0 Å². The quantitative estimate of drug-likeness (QED) is 0.857. The first-order valence-electron chi connectivity index (χ1n) is 5.97. The van der Waals surface area contributed by atoms with Gasteiger partial charge in [-0.3, -0.25) is 4.79 Å². The Morgan fingerprint density at radius 1 is 1.33 bits per heavy atom. The van der Waals surface area contributed by atoms with Gasteiger partial charge in [-0.05, 0) is 38.5 Å². The Labute approximate surface area is 118 Å². The first-order chi connectivity index (χ1) is 8.40. The van der Waals surface area contributed by atoms with Gasteiger partial charge in [0.1, 0.15) is 0 Å². The Morgan fingerprint density at radius 3 is 2.56 bits per heavy atom. The molecular formula is C13H19Cl2N2O+. The number of carbonyl (C=O) groups excluding carboxylic acids is 1. The van der Waals surface area contributed by atoms with E-state index < -0.39 is 0 Å². The van der Waals surface area contributed by atoms with Crippen LogP contribution in [0.4, 0.5) is 0 Å². The molecular weight excluding hydrogens is 271 g/mol.